The number of aromatic nitrogens is 2. The maximum Gasteiger partial charge on any atom is 0.257 e. The van der Waals surface area contributed by atoms with E-state index in [1.165, 1.54) is 6.07 Å². The summed E-state index contributed by atoms with van der Waals surface area (Å²) >= 11 is 0. The average Bonchev–Trinajstić information content (AvgIpc) is 3.12. The molecule has 3 heterocycles. The van der Waals surface area contributed by atoms with E-state index in [4.69, 9.17) is 4.74 Å². The molecule has 0 N–H and O–H groups in total. The SMILES string of the molecule is Cn1cc(C(=O)N2CC3(COC(Cc4cccc(F)c4)C3)C2)cn1. The summed E-state index contributed by atoms with van der Waals surface area (Å²) in [6, 6.07) is 6.67. The molecule has 6 heteroatoms. The summed E-state index contributed by atoms with van der Waals surface area (Å²) in [6.45, 7) is 2.12. The summed E-state index contributed by atoms with van der Waals surface area (Å²) < 4.78 is 20.8. The number of nitrogens with zero attached hydrogens (tertiary/aromatic N) is 3. The van der Waals surface area contributed by atoms with E-state index >= 15 is 0 Å². The zero-order valence-corrected chi connectivity index (χ0v) is 13.6. The molecule has 1 atom stereocenters. The van der Waals surface area contributed by atoms with Crippen molar-refractivity contribution in [3.8, 4) is 0 Å². The zero-order chi connectivity index (χ0) is 16.7. The van der Waals surface area contributed by atoms with Gasteiger partial charge in [0.1, 0.15) is 5.82 Å². The highest BCUT2D eigenvalue weighted by atomic mass is 19.1. The van der Waals surface area contributed by atoms with Gasteiger partial charge >= 0.3 is 0 Å². The largest absolute Gasteiger partial charge is 0.377 e. The Bertz CT molecular complexity index is 767. The number of rotatable bonds is 3. The second kappa shape index (κ2) is 5.70. The fourth-order valence-corrected chi connectivity index (χ4v) is 3.80. The molecule has 1 unspecified atom stereocenters. The van der Waals surface area contributed by atoms with E-state index in [0.717, 1.165) is 31.5 Å². The minimum atomic E-state index is -0.211. The molecule has 126 valence electrons. The van der Waals surface area contributed by atoms with E-state index in [-0.39, 0.29) is 23.2 Å². The predicted molar refractivity (Wildman–Crippen MR) is 86.0 cm³/mol. The van der Waals surface area contributed by atoms with Crippen LogP contribution >= 0.6 is 0 Å². The molecule has 1 spiro atoms. The Morgan fingerprint density at radius 3 is 3.00 bits per heavy atom. The summed E-state index contributed by atoms with van der Waals surface area (Å²) in [6.07, 6.45) is 5.08. The number of halogens is 1. The molecule has 2 saturated heterocycles. The predicted octanol–water partition coefficient (Wildman–Crippen LogP) is 2.03. The molecule has 2 fully saturated rings. The lowest BCUT2D eigenvalue weighted by atomic mass is 9.77. The normalized spacial score (nSPS) is 21.9. The van der Waals surface area contributed by atoms with Gasteiger partial charge in [-0.1, -0.05) is 12.1 Å². The van der Waals surface area contributed by atoms with Crippen LogP contribution in [0.15, 0.2) is 36.7 Å². The summed E-state index contributed by atoms with van der Waals surface area (Å²) in [5, 5.41) is 4.05. The third kappa shape index (κ3) is 2.82. The van der Waals surface area contributed by atoms with Crippen LogP contribution in [-0.2, 0) is 18.2 Å². The number of ether oxygens (including phenoxy) is 1. The van der Waals surface area contributed by atoms with Gasteiger partial charge in [-0.2, -0.15) is 5.10 Å². The first kappa shape index (κ1) is 15.3. The van der Waals surface area contributed by atoms with Gasteiger partial charge in [-0.25, -0.2) is 4.39 Å². The van der Waals surface area contributed by atoms with Crippen molar-refractivity contribution in [3.63, 3.8) is 0 Å². The number of likely N-dealkylation sites (tertiary alicyclic amines) is 1. The van der Waals surface area contributed by atoms with Crippen LogP contribution in [0.5, 0.6) is 0 Å². The van der Waals surface area contributed by atoms with Crippen molar-refractivity contribution in [1.29, 1.82) is 0 Å². The minimum Gasteiger partial charge on any atom is -0.377 e. The van der Waals surface area contributed by atoms with Crippen molar-refractivity contribution in [3.05, 3.63) is 53.6 Å². The molecular weight excluding hydrogens is 309 g/mol. The lowest BCUT2D eigenvalue weighted by molar-refractivity contribution is -0.00134. The van der Waals surface area contributed by atoms with Crippen LogP contribution in [0.3, 0.4) is 0 Å². The maximum absolute atomic E-state index is 13.3. The highest BCUT2D eigenvalue weighted by Crippen LogP contribution is 2.42. The van der Waals surface area contributed by atoms with Crippen molar-refractivity contribution in [2.75, 3.05) is 19.7 Å². The summed E-state index contributed by atoms with van der Waals surface area (Å²) in [4.78, 5) is 14.2. The molecule has 2 aliphatic heterocycles. The van der Waals surface area contributed by atoms with Gasteiger partial charge in [0.05, 0.1) is 24.5 Å². The van der Waals surface area contributed by atoms with Crippen LogP contribution in [0.2, 0.25) is 0 Å². The van der Waals surface area contributed by atoms with E-state index in [0.29, 0.717) is 12.2 Å². The fourth-order valence-electron chi connectivity index (χ4n) is 3.80. The van der Waals surface area contributed by atoms with Crippen LogP contribution < -0.4 is 0 Å². The zero-order valence-electron chi connectivity index (χ0n) is 13.6. The van der Waals surface area contributed by atoms with Gasteiger partial charge in [-0.3, -0.25) is 9.48 Å². The van der Waals surface area contributed by atoms with Crippen LogP contribution in [-0.4, -0.2) is 46.4 Å². The summed E-state index contributed by atoms with van der Waals surface area (Å²) in [5.41, 5.74) is 1.65. The first-order valence-corrected chi connectivity index (χ1v) is 8.17. The number of aryl methyl sites for hydroxylation is 1. The molecule has 2 aromatic rings. The third-order valence-electron chi connectivity index (χ3n) is 4.93. The molecule has 24 heavy (non-hydrogen) atoms. The molecular formula is C18H20FN3O2. The topological polar surface area (TPSA) is 47.4 Å². The van der Waals surface area contributed by atoms with Gasteiger partial charge in [0.25, 0.3) is 5.91 Å². The number of hydrogen-bond acceptors (Lipinski definition) is 3. The molecule has 0 bridgehead atoms. The average molecular weight is 329 g/mol. The van der Waals surface area contributed by atoms with Crippen LogP contribution in [0, 0.1) is 11.2 Å². The quantitative estimate of drug-likeness (QED) is 0.866. The smallest absolute Gasteiger partial charge is 0.257 e. The Morgan fingerprint density at radius 1 is 1.46 bits per heavy atom. The standard InChI is InChI=1S/C18H20FN3O2/c1-21-9-14(8-20-21)17(23)22-10-18(11-22)7-16(24-12-18)6-13-3-2-4-15(19)5-13/h2-5,8-9,16H,6-7,10-12H2,1H3. The first-order chi connectivity index (χ1) is 11.5. The lowest BCUT2D eigenvalue weighted by Crippen LogP contribution is -2.58. The maximum atomic E-state index is 13.3. The Balaban J connectivity index is 1.34. The van der Waals surface area contributed by atoms with E-state index in [2.05, 4.69) is 5.10 Å². The van der Waals surface area contributed by atoms with Gasteiger partial charge in [0.15, 0.2) is 0 Å². The van der Waals surface area contributed by atoms with Crippen LogP contribution in [0.4, 0.5) is 4.39 Å². The fraction of sp³-hybridized carbons (Fsp3) is 0.444. The van der Waals surface area contributed by atoms with E-state index < -0.39 is 0 Å². The van der Waals surface area contributed by atoms with Gasteiger partial charge in [-0.05, 0) is 30.5 Å². The molecule has 1 aromatic heterocycles. The summed E-state index contributed by atoms with van der Waals surface area (Å²) in [7, 11) is 1.80. The monoisotopic (exact) mass is 329 g/mol. The molecule has 1 amide bonds. The number of carbonyl (C=O) groups is 1. The molecule has 0 radical (unpaired) electrons. The highest BCUT2D eigenvalue weighted by molar-refractivity contribution is 5.94. The van der Waals surface area contributed by atoms with Crippen molar-refractivity contribution in [1.82, 2.24) is 14.7 Å². The molecule has 1 aromatic carbocycles. The van der Waals surface area contributed by atoms with E-state index in [1.54, 1.807) is 36.3 Å². The van der Waals surface area contributed by atoms with Crippen LogP contribution in [0.25, 0.3) is 0 Å². The molecule has 0 aliphatic carbocycles. The first-order valence-electron chi connectivity index (χ1n) is 8.17. The third-order valence-corrected chi connectivity index (χ3v) is 4.93. The number of benzene rings is 1. The van der Waals surface area contributed by atoms with Crippen molar-refractivity contribution in [2.45, 2.75) is 18.9 Å². The second-order valence-corrected chi connectivity index (χ2v) is 7.04. The molecule has 0 saturated carbocycles. The Labute approximate surface area is 140 Å². The van der Waals surface area contributed by atoms with E-state index in [9.17, 15) is 9.18 Å². The highest BCUT2D eigenvalue weighted by Gasteiger charge is 2.50. The van der Waals surface area contributed by atoms with Gasteiger partial charge in [0.2, 0.25) is 0 Å². The van der Waals surface area contributed by atoms with Crippen LogP contribution in [0.1, 0.15) is 22.3 Å². The number of carbonyl (C=O) groups excluding carboxylic acids is 1. The molecule has 4 rings (SSSR count). The van der Waals surface area contributed by atoms with Crippen molar-refractivity contribution < 1.29 is 13.9 Å². The lowest BCUT2D eigenvalue weighted by Gasteiger charge is -2.47. The Kier molecular flexibility index (Phi) is 3.64. The Morgan fingerprint density at radius 2 is 2.29 bits per heavy atom. The number of hydrogen-bond donors (Lipinski definition) is 0. The molecule has 5 nitrogen and oxygen atoms in total. The molecule has 2 aliphatic rings. The van der Waals surface area contributed by atoms with E-state index in [1.807, 2.05) is 11.0 Å². The van der Waals surface area contributed by atoms with Gasteiger partial charge in [-0.15, -0.1) is 0 Å². The summed E-state index contributed by atoms with van der Waals surface area (Å²) in [5.74, 6) is -0.181. The Hall–Kier alpha value is -2.21. The van der Waals surface area contributed by atoms with Gasteiger partial charge < -0.3 is 9.64 Å². The van der Waals surface area contributed by atoms with Gasteiger partial charge in [0, 0.05) is 31.7 Å². The number of amides is 1. The minimum absolute atomic E-state index is 0.0299. The second-order valence-electron chi connectivity index (χ2n) is 7.04. The van der Waals surface area contributed by atoms with Crippen molar-refractivity contribution >= 4 is 5.91 Å². The van der Waals surface area contributed by atoms with Crippen molar-refractivity contribution in [2.24, 2.45) is 12.5 Å².